The minimum atomic E-state index is -0.999. The molecule has 0 bridgehead atoms. The van der Waals surface area contributed by atoms with Crippen LogP contribution in [0, 0.1) is 12.7 Å². The fourth-order valence-electron chi connectivity index (χ4n) is 4.74. The lowest BCUT2D eigenvalue weighted by atomic mass is 9.98. The second kappa shape index (κ2) is 8.78. The maximum atomic E-state index is 15.4. The molecule has 2 heterocycles. The number of carboxylic acid groups (broad SMARTS) is 1. The average molecular weight is 456 g/mol. The summed E-state index contributed by atoms with van der Waals surface area (Å²) in [5, 5.41) is 13.3. The zero-order valence-corrected chi connectivity index (χ0v) is 19.2. The van der Waals surface area contributed by atoms with Crippen LogP contribution in [-0.2, 0) is 13.0 Å². The van der Waals surface area contributed by atoms with Gasteiger partial charge in [-0.15, -0.1) is 0 Å². The zero-order chi connectivity index (χ0) is 23.8. The number of aromatic carboxylic acids is 1. The Hall–Kier alpha value is -3.93. The highest BCUT2D eigenvalue weighted by Crippen LogP contribution is 2.33. The van der Waals surface area contributed by atoms with Gasteiger partial charge >= 0.3 is 5.97 Å². The summed E-state index contributed by atoms with van der Waals surface area (Å²) in [6.07, 6.45) is 0.891. The van der Waals surface area contributed by atoms with Crippen LogP contribution in [0.25, 0.3) is 10.9 Å². The minimum absolute atomic E-state index is 0.193. The Bertz CT molecular complexity index is 1400. The molecule has 34 heavy (non-hydrogen) atoms. The van der Waals surface area contributed by atoms with Crippen molar-refractivity contribution in [3.63, 3.8) is 0 Å². The number of hydrogen-bond acceptors (Lipinski definition) is 4. The molecular formula is C28H26FN3O2. The molecular weight excluding hydrogens is 429 g/mol. The summed E-state index contributed by atoms with van der Waals surface area (Å²) < 4.78 is 15.4. The molecule has 1 atom stereocenters. The van der Waals surface area contributed by atoms with E-state index in [4.69, 9.17) is 4.98 Å². The molecule has 0 saturated carbocycles. The van der Waals surface area contributed by atoms with Crippen LogP contribution in [-0.4, -0.2) is 22.6 Å². The van der Waals surface area contributed by atoms with E-state index in [0.717, 1.165) is 24.1 Å². The van der Waals surface area contributed by atoms with Gasteiger partial charge in [-0.05, 0) is 55.2 Å². The number of halogens is 1. The van der Waals surface area contributed by atoms with E-state index in [1.165, 1.54) is 17.2 Å². The highest BCUT2D eigenvalue weighted by molar-refractivity contribution is 5.94. The van der Waals surface area contributed by atoms with Crippen LogP contribution in [0.2, 0.25) is 0 Å². The van der Waals surface area contributed by atoms with Crippen molar-refractivity contribution < 1.29 is 14.3 Å². The predicted octanol–water partition coefficient (Wildman–Crippen LogP) is 6.12. The third-order valence-electron chi connectivity index (χ3n) is 6.47. The van der Waals surface area contributed by atoms with Gasteiger partial charge in [0.05, 0.1) is 17.1 Å². The van der Waals surface area contributed by atoms with Gasteiger partial charge in [-0.1, -0.05) is 42.5 Å². The van der Waals surface area contributed by atoms with Gasteiger partial charge in [-0.25, -0.2) is 14.2 Å². The number of carboxylic acids is 1. The van der Waals surface area contributed by atoms with Crippen LogP contribution in [0.1, 0.15) is 45.6 Å². The highest BCUT2D eigenvalue weighted by Gasteiger charge is 2.21. The Morgan fingerprint density at radius 1 is 1.09 bits per heavy atom. The van der Waals surface area contributed by atoms with E-state index in [9.17, 15) is 9.90 Å². The van der Waals surface area contributed by atoms with Crippen molar-refractivity contribution in [2.24, 2.45) is 0 Å². The third kappa shape index (κ3) is 4.07. The van der Waals surface area contributed by atoms with Crippen LogP contribution in [0.4, 0.5) is 15.9 Å². The van der Waals surface area contributed by atoms with E-state index >= 15 is 4.39 Å². The van der Waals surface area contributed by atoms with Crippen molar-refractivity contribution in [3.05, 3.63) is 100 Å². The number of pyridine rings is 1. The topological polar surface area (TPSA) is 65.5 Å². The lowest BCUT2D eigenvalue weighted by Crippen LogP contribution is -2.31. The Kier molecular flexibility index (Phi) is 5.65. The van der Waals surface area contributed by atoms with Crippen LogP contribution in [0.3, 0.4) is 0 Å². The standard InChI is InChI=1S/C28H26FN3O2/c1-17-13-22(18(2)30-25-10-6-5-9-21(25)28(33)34)27-23(14-17)24(29)15-26(31-27)32-12-11-19-7-3-4-8-20(19)16-32/h3-10,13-15,18,30H,11-12,16H2,1-2H3,(H,33,34)/t18-/m0/s1. The highest BCUT2D eigenvalue weighted by atomic mass is 19.1. The number of aryl methyl sites for hydroxylation is 1. The first-order valence-electron chi connectivity index (χ1n) is 11.4. The third-order valence-corrected chi connectivity index (χ3v) is 6.47. The molecule has 4 aromatic rings. The van der Waals surface area contributed by atoms with Gasteiger partial charge < -0.3 is 15.3 Å². The molecule has 1 aliphatic rings. The van der Waals surface area contributed by atoms with Gasteiger partial charge in [0, 0.05) is 35.8 Å². The van der Waals surface area contributed by atoms with E-state index < -0.39 is 5.97 Å². The summed E-state index contributed by atoms with van der Waals surface area (Å²) in [7, 11) is 0. The first-order valence-corrected chi connectivity index (χ1v) is 11.4. The first-order chi connectivity index (χ1) is 16.4. The van der Waals surface area contributed by atoms with Crippen molar-refractivity contribution in [1.29, 1.82) is 0 Å². The summed E-state index contributed by atoms with van der Waals surface area (Å²) in [5.41, 5.74) is 5.61. The maximum absolute atomic E-state index is 15.4. The lowest BCUT2D eigenvalue weighted by Gasteiger charge is -2.30. The number of benzene rings is 3. The average Bonchev–Trinajstić information content (AvgIpc) is 2.83. The summed E-state index contributed by atoms with van der Waals surface area (Å²) in [5.74, 6) is -0.689. The Balaban J connectivity index is 1.55. The quantitative estimate of drug-likeness (QED) is 0.380. The molecule has 1 aromatic heterocycles. The second-order valence-electron chi connectivity index (χ2n) is 8.87. The lowest BCUT2D eigenvalue weighted by molar-refractivity contribution is 0.0698. The van der Waals surface area contributed by atoms with Gasteiger partial charge in [0.25, 0.3) is 0 Å². The predicted molar refractivity (Wildman–Crippen MR) is 133 cm³/mol. The van der Waals surface area contributed by atoms with Gasteiger partial charge in [-0.2, -0.15) is 0 Å². The molecule has 2 N–H and O–H groups in total. The molecule has 172 valence electrons. The van der Waals surface area contributed by atoms with Crippen molar-refractivity contribution in [2.75, 3.05) is 16.8 Å². The molecule has 0 saturated heterocycles. The molecule has 0 amide bonds. The summed E-state index contributed by atoms with van der Waals surface area (Å²) >= 11 is 0. The molecule has 5 nitrogen and oxygen atoms in total. The maximum Gasteiger partial charge on any atom is 0.337 e. The van der Waals surface area contributed by atoms with Gasteiger partial charge in [0.2, 0.25) is 0 Å². The van der Waals surface area contributed by atoms with E-state index in [2.05, 4.69) is 22.3 Å². The van der Waals surface area contributed by atoms with Gasteiger partial charge in [0.1, 0.15) is 11.6 Å². The Labute approximate surface area is 197 Å². The number of fused-ring (bicyclic) bond motifs is 2. The molecule has 0 radical (unpaired) electrons. The first kappa shape index (κ1) is 21.9. The molecule has 0 fully saturated rings. The largest absolute Gasteiger partial charge is 0.478 e. The number of para-hydroxylation sites is 1. The number of anilines is 2. The van der Waals surface area contributed by atoms with E-state index in [-0.39, 0.29) is 17.4 Å². The van der Waals surface area contributed by atoms with E-state index in [0.29, 0.717) is 29.0 Å². The molecule has 0 aliphatic carbocycles. The SMILES string of the molecule is Cc1cc([C@H](C)Nc2ccccc2C(=O)O)c2nc(N3CCc4ccccc4C3)cc(F)c2c1. The van der Waals surface area contributed by atoms with E-state index in [1.807, 2.05) is 38.1 Å². The van der Waals surface area contributed by atoms with Crippen molar-refractivity contribution in [1.82, 2.24) is 4.98 Å². The smallest absolute Gasteiger partial charge is 0.337 e. The number of aromatic nitrogens is 1. The molecule has 6 heteroatoms. The monoisotopic (exact) mass is 455 g/mol. The molecule has 0 spiro atoms. The van der Waals surface area contributed by atoms with Crippen LogP contribution >= 0.6 is 0 Å². The number of carbonyl (C=O) groups is 1. The van der Waals surface area contributed by atoms with Crippen molar-refractivity contribution in [2.45, 2.75) is 32.9 Å². The zero-order valence-electron chi connectivity index (χ0n) is 19.2. The van der Waals surface area contributed by atoms with Crippen LogP contribution in [0.5, 0.6) is 0 Å². The normalized spacial score (nSPS) is 14.0. The van der Waals surface area contributed by atoms with Crippen LogP contribution < -0.4 is 10.2 Å². The fourth-order valence-corrected chi connectivity index (χ4v) is 4.74. The van der Waals surface area contributed by atoms with Crippen molar-refractivity contribution >= 4 is 28.4 Å². The molecule has 5 rings (SSSR count). The van der Waals surface area contributed by atoms with Gasteiger partial charge in [0.15, 0.2) is 0 Å². The molecule has 0 unspecified atom stereocenters. The van der Waals surface area contributed by atoms with Crippen molar-refractivity contribution in [3.8, 4) is 0 Å². The Morgan fingerprint density at radius 3 is 2.62 bits per heavy atom. The number of nitrogens with one attached hydrogen (secondary N) is 1. The number of rotatable bonds is 5. The Morgan fingerprint density at radius 2 is 1.82 bits per heavy atom. The summed E-state index contributed by atoms with van der Waals surface area (Å²) in [4.78, 5) is 18.7. The minimum Gasteiger partial charge on any atom is -0.478 e. The molecule has 1 aliphatic heterocycles. The number of hydrogen-bond donors (Lipinski definition) is 2. The molecule has 3 aromatic carbocycles. The summed E-state index contributed by atoms with van der Waals surface area (Å²) in [6.45, 7) is 5.33. The number of nitrogens with zero attached hydrogens (tertiary/aromatic N) is 2. The second-order valence-corrected chi connectivity index (χ2v) is 8.87. The van der Waals surface area contributed by atoms with Gasteiger partial charge in [-0.3, -0.25) is 0 Å². The summed E-state index contributed by atoms with van der Waals surface area (Å²) in [6, 6.07) is 20.2. The van der Waals surface area contributed by atoms with Crippen LogP contribution in [0.15, 0.2) is 66.7 Å². The van der Waals surface area contributed by atoms with E-state index in [1.54, 1.807) is 24.3 Å². The fraction of sp³-hybridized carbons (Fsp3) is 0.214.